The summed E-state index contributed by atoms with van der Waals surface area (Å²) in [6.07, 6.45) is 3.61. The first-order valence-corrected chi connectivity index (χ1v) is 7.11. The number of rotatable bonds is 10. The predicted molar refractivity (Wildman–Crippen MR) is 72.9 cm³/mol. The molecule has 0 saturated heterocycles. The van der Waals surface area contributed by atoms with Crippen molar-refractivity contribution < 1.29 is 9.15 Å². The SMILES string of the molecule is CC(C)CCOCCNc1nnc(CNC2CC2)o1. The van der Waals surface area contributed by atoms with Crippen molar-refractivity contribution >= 4 is 6.01 Å². The van der Waals surface area contributed by atoms with Crippen molar-refractivity contribution in [1.82, 2.24) is 15.5 Å². The van der Waals surface area contributed by atoms with Crippen molar-refractivity contribution in [2.24, 2.45) is 5.92 Å². The van der Waals surface area contributed by atoms with Gasteiger partial charge in [-0.15, -0.1) is 5.10 Å². The highest BCUT2D eigenvalue weighted by Gasteiger charge is 2.21. The zero-order valence-electron chi connectivity index (χ0n) is 11.8. The largest absolute Gasteiger partial charge is 0.407 e. The minimum absolute atomic E-state index is 0.472. The molecule has 0 aliphatic heterocycles. The van der Waals surface area contributed by atoms with Crippen LogP contribution < -0.4 is 10.6 Å². The fraction of sp³-hybridized carbons (Fsp3) is 0.846. The van der Waals surface area contributed by atoms with Crippen LogP contribution in [0.5, 0.6) is 0 Å². The van der Waals surface area contributed by atoms with E-state index in [4.69, 9.17) is 9.15 Å². The summed E-state index contributed by atoms with van der Waals surface area (Å²) < 4.78 is 11.0. The number of anilines is 1. The van der Waals surface area contributed by atoms with Crippen molar-refractivity contribution in [2.45, 2.75) is 45.7 Å². The number of aromatic nitrogens is 2. The monoisotopic (exact) mass is 268 g/mol. The number of hydrogen-bond donors (Lipinski definition) is 2. The lowest BCUT2D eigenvalue weighted by atomic mass is 10.1. The fourth-order valence-electron chi connectivity index (χ4n) is 1.57. The fourth-order valence-corrected chi connectivity index (χ4v) is 1.57. The van der Waals surface area contributed by atoms with E-state index in [1.807, 2.05) is 0 Å². The Bertz CT molecular complexity index is 363. The number of nitrogens with one attached hydrogen (secondary N) is 2. The molecule has 2 rings (SSSR count). The quantitative estimate of drug-likeness (QED) is 0.630. The van der Waals surface area contributed by atoms with E-state index in [1.54, 1.807) is 0 Å². The molecule has 0 radical (unpaired) electrons. The molecule has 19 heavy (non-hydrogen) atoms. The predicted octanol–water partition coefficient (Wildman–Crippen LogP) is 1.80. The number of nitrogens with zero attached hydrogens (tertiary/aromatic N) is 2. The second-order valence-corrected chi connectivity index (χ2v) is 5.38. The molecule has 0 bridgehead atoms. The molecule has 108 valence electrons. The van der Waals surface area contributed by atoms with Gasteiger partial charge in [0.15, 0.2) is 0 Å². The first-order valence-electron chi connectivity index (χ1n) is 7.11. The summed E-state index contributed by atoms with van der Waals surface area (Å²) in [5, 5.41) is 14.3. The van der Waals surface area contributed by atoms with Crippen LogP contribution in [-0.2, 0) is 11.3 Å². The number of ether oxygens (including phenoxy) is 1. The van der Waals surface area contributed by atoms with Crippen LogP contribution in [0.2, 0.25) is 0 Å². The molecule has 2 N–H and O–H groups in total. The van der Waals surface area contributed by atoms with Crippen LogP contribution in [0.25, 0.3) is 0 Å². The van der Waals surface area contributed by atoms with Crippen LogP contribution >= 0.6 is 0 Å². The Balaban J connectivity index is 1.52. The lowest BCUT2D eigenvalue weighted by Crippen LogP contribution is -2.15. The third-order valence-corrected chi connectivity index (χ3v) is 2.95. The average molecular weight is 268 g/mol. The van der Waals surface area contributed by atoms with E-state index in [0.717, 1.165) is 13.0 Å². The molecular formula is C13H24N4O2. The summed E-state index contributed by atoms with van der Waals surface area (Å²) in [5.74, 6) is 1.32. The summed E-state index contributed by atoms with van der Waals surface area (Å²) in [5.41, 5.74) is 0. The van der Waals surface area contributed by atoms with Gasteiger partial charge in [0.25, 0.3) is 0 Å². The second kappa shape index (κ2) is 7.45. The van der Waals surface area contributed by atoms with Crippen molar-refractivity contribution in [3.05, 3.63) is 5.89 Å². The van der Waals surface area contributed by atoms with Gasteiger partial charge in [-0.2, -0.15) is 0 Å². The van der Waals surface area contributed by atoms with Crippen LogP contribution in [0.1, 0.15) is 39.0 Å². The maximum atomic E-state index is 5.50. The number of hydrogen-bond acceptors (Lipinski definition) is 6. The zero-order valence-corrected chi connectivity index (χ0v) is 11.8. The highest BCUT2D eigenvalue weighted by atomic mass is 16.5. The highest BCUT2D eigenvalue weighted by molar-refractivity contribution is 5.16. The van der Waals surface area contributed by atoms with E-state index in [1.165, 1.54) is 12.8 Å². The Kier molecular flexibility index (Phi) is 5.60. The minimum Gasteiger partial charge on any atom is -0.407 e. The molecule has 1 aliphatic carbocycles. The van der Waals surface area contributed by atoms with E-state index in [2.05, 4.69) is 34.7 Å². The van der Waals surface area contributed by atoms with Gasteiger partial charge in [-0.1, -0.05) is 18.9 Å². The lowest BCUT2D eigenvalue weighted by molar-refractivity contribution is 0.132. The molecule has 1 aromatic heterocycles. The molecule has 6 heteroatoms. The summed E-state index contributed by atoms with van der Waals surface area (Å²) in [6, 6.07) is 1.12. The molecule has 0 aromatic carbocycles. The zero-order chi connectivity index (χ0) is 13.5. The Hall–Kier alpha value is -1.14. The summed E-state index contributed by atoms with van der Waals surface area (Å²) in [7, 11) is 0. The van der Waals surface area contributed by atoms with Gasteiger partial charge < -0.3 is 19.8 Å². The summed E-state index contributed by atoms with van der Waals surface area (Å²) in [6.45, 7) is 7.19. The topological polar surface area (TPSA) is 72.2 Å². The molecule has 1 saturated carbocycles. The normalized spacial score (nSPS) is 15.1. The molecule has 0 spiro atoms. The Morgan fingerprint density at radius 1 is 1.32 bits per heavy atom. The van der Waals surface area contributed by atoms with Gasteiger partial charge in [0, 0.05) is 19.2 Å². The first kappa shape index (κ1) is 14.3. The van der Waals surface area contributed by atoms with Crippen molar-refractivity contribution in [3.8, 4) is 0 Å². The van der Waals surface area contributed by atoms with E-state index >= 15 is 0 Å². The van der Waals surface area contributed by atoms with Gasteiger partial charge in [-0.3, -0.25) is 0 Å². The molecule has 1 aliphatic rings. The van der Waals surface area contributed by atoms with Gasteiger partial charge in [-0.05, 0) is 25.2 Å². The van der Waals surface area contributed by atoms with E-state index in [0.29, 0.717) is 43.6 Å². The average Bonchev–Trinajstić information content (AvgIpc) is 3.10. The van der Waals surface area contributed by atoms with Crippen LogP contribution in [0.15, 0.2) is 4.42 Å². The van der Waals surface area contributed by atoms with Crippen LogP contribution in [0, 0.1) is 5.92 Å². The standard InChI is InChI=1S/C13H24N4O2/c1-10(2)5-7-18-8-6-14-13-17-16-12(19-13)9-15-11-3-4-11/h10-11,15H,3-9H2,1-2H3,(H,14,17). The van der Waals surface area contributed by atoms with Gasteiger partial charge in [0.05, 0.1) is 13.2 Å². The van der Waals surface area contributed by atoms with Crippen LogP contribution in [-0.4, -0.2) is 36.0 Å². The maximum absolute atomic E-state index is 5.50. The minimum atomic E-state index is 0.472. The maximum Gasteiger partial charge on any atom is 0.315 e. The summed E-state index contributed by atoms with van der Waals surface area (Å²) >= 11 is 0. The van der Waals surface area contributed by atoms with E-state index in [9.17, 15) is 0 Å². The second-order valence-electron chi connectivity index (χ2n) is 5.38. The first-order chi connectivity index (χ1) is 9.24. The summed E-state index contributed by atoms with van der Waals surface area (Å²) in [4.78, 5) is 0. The Morgan fingerprint density at radius 2 is 2.16 bits per heavy atom. The molecule has 1 heterocycles. The van der Waals surface area contributed by atoms with Crippen molar-refractivity contribution in [1.29, 1.82) is 0 Å². The van der Waals surface area contributed by atoms with Gasteiger partial charge >= 0.3 is 6.01 Å². The van der Waals surface area contributed by atoms with E-state index < -0.39 is 0 Å². The molecule has 0 amide bonds. The Labute approximate surface area is 114 Å². The molecule has 6 nitrogen and oxygen atoms in total. The van der Waals surface area contributed by atoms with Crippen molar-refractivity contribution in [2.75, 3.05) is 25.1 Å². The van der Waals surface area contributed by atoms with Crippen molar-refractivity contribution in [3.63, 3.8) is 0 Å². The smallest absolute Gasteiger partial charge is 0.315 e. The molecular weight excluding hydrogens is 244 g/mol. The molecule has 0 atom stereocenters. The van der Waals surface area contributed by atoms with Crippen LogP contribution in [0.4, 0.5) is 6.01 Å². The van der Waals surface area contributed by atoms with Gasteiger partial charge in [-0.25, -0.2) is 0 Å². The molecule has 1 aromatic rings. The molecule has 1 fully saturated rings. The third-order valence-electron chi connectivity index (χ3n) is 2.95. The van der Waals surface area contributed by atoms with Gasteiger partial charge in [0.1, 0.15) is 0 Å². The highest BCUT2D eigenvalue weighted by Crippen LogP contribution is 2.19. The van der Waals surface area contributed by atoms with Gasteiger partial charge in [0.2, 0.25) is 5.89 Å². The van der Waals surface area contributed by atoms with Crippen LogP contribution in [0.3, 0.4) is 0 Å². The Morgan fingerprint density at radius 3 is 2.89 bits per heavy atom. The van der Waals surface area contributed by atoms with E-state index in [-0.39, 0.29) is 0 Å². The third kappa shape index (κ3) is 6.02. The lowest BCUT2D eigenvalue weighted by Gasteiger charge is -2.06. The molecule has 0 unspecified atom stereocenters.